The maximum Gasteiger partial charge on any atom is 0.225 e. The Hall–Kier alpha value is -1.08. The van der Waals surface area contributed by atoms with Crippen molar-refractivity contribution in [1.82, 2.24) is 9.80 Å². The first-order chi connectivity index (χ1) is 9.22. The molecule has 0 N–H and O–H groups in total. The fourth-order valence-electron chi connectivity index (χ4n) is 2.64. The van der Waals surface area contributed by atoms with E-state index in [9.17, 15) is 4.79 Å². The first-order valence-electron chi connectivity index (χ1n) is 7.61. The SMILES string of the molecule is CCCCN(CC)C(=O)C1CCN(CCC#N)CC1. The van der Waals surface area contributed by atoms with Crippen LogP contribution in [0, 0.1) is 17.2 Å². The lowest BCUT2D eigenvalue weighted by Crippen LogP contribution is -2.43. The molecule has 1 saturated heterocycles. The Morgan fingerprint density at radius 3 is 2.58 bits per heavy atom. The van der Waals surface area contributed by atoms with Gasteiger partial charge >= 0.3 is 0 Å². The van der Waals surface area contributed by atoms with Gasteiger partial charge in [-0.3, -0.25) is 4.79 Å². The van der Waals surface area contributed by atoms with Gasteiger partial charge in [0.25, 0.3) is 0 Å². The molecule has 0 unspecified atom stereocenters. The summed E-state index contributed by atoms with van der Waals surface area (Å²) in [6.07, 6.45) is 4.73. The van der Waals surface area contributed by atoms with E-state index in [2.05, 4.69) is 24.8 Å². The van der Waals surface area contributed by atoms with Crippen LogP contribution in [0.3, 0.4) is 0 Å². The van der Waals surface area contributed by atoms with Crippen LogP contribution in [-0.4, -0.2) is 48.4 Å². The van der Waals surface area contributed by atoms with Gasteiger partial charge in [-0.1, -0.05) is 13.3 Å². The highest BCUT2D eigenvalue weighted by Crippen LogP contribution is 2.20. The predicted octanol–water partition coefficient (Wildman–Crippen LogP) is 2.26. The van der Waals surface area contributed by atoms with Gasteiger partial charge in [-0.05, 0) is 39.3 Å². The highest BCUT2D eigenvalue weighted by atomic mass is 16.2. The number of nitrogens with zero attached hydrogens (tertiary/aromatic N) is 3. The van der Waals surface area contributed by atoms with Gasteiger partial charge in [0.2, 0.25) is 5.91 Å². The van der Waals surface area contributed by atoms with Crippen molar-refractivity contribution in [3.05, 3.63) is 0 Å². The summed E-state index contributed by atoms with van der Waals surface area (Å²) in [5.74, 6) is 0.547. The number of piperidine rings is 1. The van der Waals surface area contributed by atoms with E-state index in [1.54, 1.807) is 0 Å². The van der Waals surface area contributed by atoms with E-state index in [4.69, 9.17) is 5.26 Å². The van der Waals surface area contributed by atoms with Crippen LogP contribution in [0.5, 0.6) is 0 Å². The van der Waals surface area contributed by atoms with Gasteiger partial charge in [-0.2, -0.15) is 5.26 Å². The summed E-state index contributed by atoms with van der Waals surface area (Å²) in [6, 6.07) is 2.18. The Bertz CT molecular complexity index is 303. The van der Waals surface area contributed by atoms with E-state index in [0.717, 1.165) is 58.4 Å². The third kappa shape index (κ3) is 5.20. The minimum absolute atomic E-state index is 0.204. The van der Waals surface area contributed by atoms with E-state index in [-0.39, 0.29) is 5.92 Å². The summed E-state index contributed by atoms with van der Waals surface area (Å²) in [5.41, 5.74) is 0. The van der Waals surface area contributed by atoms with E-state index in [1.807, 2.05) is 4.90 Å². The van der Waals surface area contributed by atoms with Gasteiger partial charge in [0.15, 0.2) is 0 Å². The molecule has 0 aromatic heterocycles. The molecular weight excluding hydrogens is 238 g/mol. The van der Waals surface area contributed by atoms with Crippen molar-refractivity contribution in [1.29, 1.82) is 5.26 Å². The molecule has 1 rings (SSSR count). The molecule has 0 atom stereocenters. The average molecular weight is 265 g/mol. The van der Waals surface area contributed by atoms with Crippen LogP contribution in [0.25, 0.3) is 0 Å². The zero-order valence-electron chi connectivity index (χ0n) is 12.4. The maximum absolute atomic E-state index is 12.4. The second-order valence-electron chi connectivity index (χ2n) is 5.30. The van der Waals surface area contributed by atoms with E-state index < -0.39 is 0 Å². The first kappa shape index (κ1) is 16.0. The molecule has 1 heterocycles. The zero-order valence-corrected chi connectivity index (χ0v) is 12.4. The van der Waals surface area contributed by atoms with Gasteiger partial charge in [-0.15, -0.1) is 0 Å². The molecule has 0 aromatic rings. The van der Waals surface area contributed by atoms with Gasteiger partial charge in [0, 0.05) is 32.0 Å². The minimum Gasteiger partial charge on any atom is -0.343 e. The third-order valence-corrected chi connectivity index (χ3v) is 3.95. The smallest absolute Gasteiger partial charge is 0.225 e. The third-order valence-electron chi connectivity index (χ3n) is 3.95. The molecule has 1 aliphatic rings. The van der Waals surface area contributed by atoms with E-state index >= 15 is 0 Å². The van der Waals surface area contributed by atoms with Crippen molar-refractivity contribution >= 4 is 5.91 Å². The summed E-state index contributed by atoms with van der Waals surface area (Å²) in [4.78, 5) is 16.7. The van der Waals surface area contributed by atoms with Crippen molar-refractivity contribution in [3.8, 4) is 6.07 Å². The Morgan fingerprint density at radius 2 is 2.05 bits per heavy atom. The number of rotatable bonds is 7. The van der Waals surface area contributed by atoms with Crippen LogP contribution < -0.4 is 0 Å². The minimum atomic E-state index is 0.204. The average Bonchev–Trinajstić information content (AvgIpc) is 2.46. The second kappa shape index (κ2) is 8.92. The lowest BCUT2D eigenvalue weighted by molar-refractivity contribution is -0.137. The molecule has 0 radical (unpaired) electrons. The number of likely N-dealkylation sites (tertiary alicyclic amines) is 1. The normalized spacial score (nSPS) is 17.1. The number of hydrogen-bond donors (Lipinski definition) is 0. The molecule has 4 heteroatoms. The van der Waals surface area contributed by atoms with Crippen molar-refractivity contribution in [3.63, 3.8) is 0 Å². The highest BCUT2D eigenvalue weighted by Gasteiger charge is 2.27. The second-order valence-corrected chi connectivity index (χ2v) is 5.30. The van der Waals surface area contributed by atoms with Crippen LogP contribution in [0.1, 0.15) is 46.0 Å². The van der Waals surface area contributed by atoms with Crippen molar-refractivity contribution in [2.24, 2.45) is 5.92 Å². The number of nitriles is 1. The Morgan fingerprint density at radius 1 is 1.37 bits per heavy atom. The fraction of sp³-hybridized carbons (Fsp3) is 0.867. The van der Waals surface area contributed by atoms with E-state index in [0.29, 0.717) is 12.3 Å². The molecule has 0 saturated carbocycles. The molecule has 0 spiro atoms. The maximum atomic E-state index is 12.4. The highest BCUT2D eigenvalue weighted by molar-refractivity contribution is 5.78. The molecule has 4 nitrogen and oxygen atoms in total. The van der Waals surface area contributed by atoms with Crippen LogP contribution in [0.15, 0.2) is 0 Å². The van der Waals surface area contributed by atoms with Crippen LogP contribution in [-0.2, 0) is 4.79 Å². The van der Waals surface area contributed by atoms with Gasteiger partial charge in [0.1, 0.15) is 0 Å². The molecular formula is C15H27N3O. The predicted molar refractivity (Wildman–Crippen MR) is 76.6 cm³/mol. The fourth-order valence-corrected chi connectivity index (χ4v) is 2.64. The molecule has 0 aromatic carbocycles. The number of amides is 1. The Kier molecular flexibility index (Phi) is 7.50. The summed E-state index contributed by atoms with van der Waals surface area (Å²) in [6.45, 7) is 8.73. The monoisotopic (exact) mass is 265 g/mol. The quantitative estimate of drug-likeness (QED) is 0.709. The van der Waals surface area contributed by atoms with E-state index in [1.165, 1.54) is 0 Å². The van der Waals surface area contributed by atoms with Gasteiger partial charge in [0.05, 0.1) is 6.07 Å². The van der Waals surface area contributed by atoms with Crippen molar-refractivity contribution in [2.75, 3.05) is 32.7 Å². The Labute approximate surface area is 117 Å². The van der Waals surface area contributed by atoms with Crippen molar-refractivity contribution in [2.45, 2.75) is 46.0 Å². The summed E-state index contributed by atoms with van der Waals surface area (Å²) < 4.78 is 0. The summed E-state index contributed by atoms with van der Waals surface area (Å²) >= 11 is 0. The lowest BCUT2D eigenvalue weighted by atomic mass is 9.95. The van der Waals surface area contributed by atoms with Gasteiger partial charge < -0.3 is 9.80 Å². The number of unbranched alkanes of at least 4 members (excludes halogenated alkanes) is 1. The summed E-state index contributed by atoms with van der Waals surface area (Å²) in [5, 5.41) is 8.59. The molecule has 1 fully saturated rings. The summed E-state index contributed by atoms with van der Waals surface area (Å²) in [7, 11) is 0. The number of hydrogen-bond acceptors (Lipinski definition) is 3. The molecule has 0 aliphatic carbocycles. The number of carbonyl (C=O) groups excluding carboxylic acids is 1. The van der Waals surface area contributed by atoms with Crippen LogP contribution >= 0.6 is 0 Å². The van der Waals surface area contributed by atoms with Crippen molar-refractivity contribution < 1.29 is 4.79 Å². The molecule has 0 bridgehead atoms. The number of carbonyl (C=O) groups is 1. The molecule has 108 valence electrons. The topological polar surface area (TPSA) is 47.3 Å². The lowest BCUT2D eigenvalue weighted by Gasteiger charge is -2.33. The molecule has 19 heavy (non-hydrogen) atoms. The molecule has 1 aliphatic heterocycles. The Balaban J connectivity index is 2.36. The molecule has 1 amide bonds. The van der Waals surface area contributed by atoms with Gasteiger partial charge in [-0.25, -0.2) is 0 Å². The zero-order chi connectivity index (χ0) is 14.1. The largest absolute Gasteiger partial charge is 0.343 e. The van der Waals surface area contributed by atoms with Crippen LogP contribution in [0.2, 0.25) is 0 Å². The van der Waals surface area contributed by atoms with Crippen LogP contribution in [0.4, 0.5) is 0 Å². The first-order valence-corrected chi connectivity index (χ1v) is 7.61. The standard InChI is InChI=1S/C15H27N3O/c1-3-5-11-18(4-2)15(19)14-7-12-17(13-8-14)10-6-9-16/h14H,3-8,10-13H2,1-2H3.